The maximum atomic E-state index is 13.5. The predicted octanol–water partition coefficient (Wildman–Crippen LogP) is 2.72. The molecule has 3 unspecified atom stereocenters. The number of nitrogen functional groups attached to an aromatic ring is 1. The van der Waals surface area contributed by atoms with Crippen molar-refractivity contribution >= 4 is 58.3 Å². The zero-order chi connectivity index (χ0) is 52.9. The molecule has 73 heavy (non-hydrogen) atoms. The highest BCUT2D eigenvalue weighted by Gasteiger charge is 2.27. The monoisotopic (exact) mass is 1020 g/mol. The summed E-state index contributed by atoms with van der Waals surface area (Å²) in [6.07, 6.45) is 5.07. The summed E-state index contributed by atoms with van der Waals surface area (Å²) in [7, 11) is 0. The molecule has 23 heteroatoms. The molecule has 0 bridgehead atoms. The molecule has 1 fully saturated rings. The lowest BCUT2D eigenvalue weighted by Crippen LogP contribution is -2.53. The Bertz CT molecular complexity index is 2510. The third kappa shape index (κ3) is 18.5. The number of nitrogens with two attached hydrogens (primary N) is 2. The highest BCUT2D eigenvalue weighted by molar-refractivity contribution is 5.98. The van der Waals surface area contributed by atoms with Crippen LogP contribution in [-0.2, 0) is 53.2 Å². The molecule has 2 aromatic carbocycles. The van der Waals surface area contributed by atoms with Gasteiger partial charge in [0.25, 0.3) is 0 Å². The standard InChI is InChI=1S/C50H73N13O10/c1-6-7-26-71-48-60-43(51)42-44(61-48)63(49(69)59-42)28-36-13-11-35(12-14-36)27-62-24-20-34(21-25-62)19-23-54-46(67)39(10-8-9-22-53-40(65)30-73-52)58-50(70)72-29-37-15-17-38(18-16-37)57-45(66)32(4)55-47(68)41(31(2)3)56-33(5)64/h11-18,31-32,34,39,41H,6-10,19-30,52H2,1-5H3,(H,53,65)(H,54,67)(H,55,68)(H,56,64)(H,57,66)(H,58,70)(H,59,69)(H2,51,60,61). The van der Waals surface area contributed by atoms with Crippen molar-refractivity contribution in [1.29, 1.82) is 0 Å². The number of piperidine rings is 1. The first-order chi connectivity index (χ1) is 35.0. The number of unbranched alkanes of at least 4 members (excludes halogenated alkanes) is 2. The van der Waals surface area contributed by atoms with Crippen molar-refractivity contribution in [3.05, 3.63) is 75.7 Å². The van der Waals surface area contributed by atoms with Gasteiger partial charge < -0.3 is 52.1 Å². The third-order valence-corrected chi connectivity index (χ3v) is 12.4. The molecular formula is C50H73N13O10. The number of imidazole rings is 1. The number of nitrogens with zero attached hydrogens (tertiary/aromatic N) is 4. The van der Waals surface area contributed by atoms with Gasteiger partial charge in [-0.25, -0.2) is 15.5 Å². The first-order valence-electron chi connectivity index (χ1n) is 25.0. The topological polar surface area (TPSA) is 321 Å². The second-order valence-corrected chi connectivity index (χ2v) is 18.7. The number of fused-ring (bicyclic) bond motifs is 1. The molecule has 0 spiro atoms. The minimum absolute atomic E-state index is 0.114. The van der Waals surface area contributed by atoms with Crippen molar-refractivity contribution in [2.75, 3.05) is 50.4 Å². The van der Waals surface area contributed by atoms with Gasteiger partial charge in [0, 0.05) is 32.2 Å². The number of aromatic nitrogens is 4. The second kappa shape index (κ2) is 28.8. The van der Waals surface area contributed by atoms with E-state index in [-0.39, 0.29) is 54.4 Å². The van der Waals surface area contributed by atoms with Crippen molar-refractivity contribution in [2.45, 2.75) is 124 Å². The van der Waals surface area contributed by atoms with Crippen LogP contribution in [0.4, 0.5) is 16.3 Å². The lowest BCUT2D eigenvalue weighted by molar-refractivity contribution is -0.131. The number of nitrogens with one attached hydrogen (secondary N) is 7. The highest BCUT2D eigenvalue weighted by atomic mass is 16.6. The number of amides is 6. The first-order valence-corrected chi connectivity index (χ1v) is 25.0. The summed E-state index contributed by atoms with van der Waals surface area (Å²) in [5.41, 5.74) is 9.71. The normalized spacial score (nSPS) is 14.2. The number of anilines is 2. The van der Waals surface area contributed by atoms with Gasteiger partial charge in [-0.15, -0.1) is 0 Å². The van der Waals surface area contributed by atoms with Gasteiger partial charge in [-0.2, -0.15) is 9.97 Å². The van der Waals surface area contributed by atoms with Crippen LogP contribution in [0.3, 0.4) is 0 Å². The van der Waals surface area contributed by atoms with Gasteiger partial charge in [0.15, 0.2) is 11.5 Å². The fourth-order valence-electron chi connectivity index (χ4n) is 8.18. The molecule has 4 aromatic rings. The molecule has 398 valence electrons. The summed E-state index contributed by atoms with van der Waals surface area (Å²) in [6.45, 7) is 12.2. The SMILES string of the molecule is CCCCOc1nc(N)c2[nH]c(=O)n(Cc3ccc(CN4CCC(CCNC(=O)C(CCCCNC(=O)CON)NC(=O)OCc5ccc(NC(=O)C(C)NC(=O)C(NC(C)=O)C(C)C)cc5)CC4)cc3)c2n1. The molecule has 1 aliphatic heterocycles. The van der Waals surface area contributed by atoms with E-state index in [0.29, 0.717) is 73.8 Å². The minimum Gasteiger partial charge on any atom is -0.463 e. The van der Waals surface area contributed by atoms with Gasteiger partial charge in [0.2, 0.25) is 29.5 Å². The van der Waals surface area contributed by atoms with E-state index in [4.69, 9.17) is 21.1 Å². The van der Waals surface area contributed by atoms with Crippen LogP contribution in [0, 0.1) is 11.8 Å². The van der Waals surface area contributed by atoms with E-state index in [0.717, 1.165) is 62.9 Å². The molecule has 6 amide bonds. The number of rotatable bonds is 28. The van der Waals surface area contributed by atoms with Crippen molar-refractivity contribution in [1.82, 2.24) is 51.0 Å². The van der Waals surface area contributed by atoms with Crippen molar-refractivity contribution < 1.29 is 43.1 Å². The summed E-state index contributed by atoms with van der Waals surface area (Å²) < 4.78 is 12.7. The van der Waals surface area contributed by atoms with E-state index >= 15 is 0 Å². The zero-order valence-corrected chi connectivity index (χ0v) is 42.6. The van der Waals surface area contributed by atoms with Gasteiger partial charge in [-0.3, -0.25) is 38.3 Å². The Kier molecular flexibility index (Phi) is 22.4. The molecule has 11 N–H and O–H groups in total. The van der Waals surface area contributed by atoms with E-state index in [2.05, 4.69) is 75.6 Å². The number of benzene rings is 2. The van der Waals surface area contributed by atoms with E-state index in [1.165, 1.54) is 18.4 Å². The molecule has 0 aliphatic carbocycles. The average Bonchev–Trinajstić information content (AvgIpc) is 3.67. The second-order valence-electron chi connectivity index (χ2n) is 18.7. The maximum Gasteiger partial charge on any atom is 0.408 e. The molecule has 2 aromatic heterocycles. The smallest absolute Gasteiger partial charge is 0.408 e. The van der Waals surface area contributed by atoms with E-state index in [1.54, 1.807) is 38.1 Å². The van der Waals surface area contributed by atoms with Gasteiger partial charge in [-0.05, 0) is 106 Å². The van der Waals surface area contributed by atoms with Gasteiger partial charge in [-0.1, -0.05) is 63.6 Å². The predicted molar refractivity (Wildman–Crippen MR) is 273 cm³/mol. The Hall–Kier alpha value is -7.11. The van der Waals surface area contributed by atoms with Crippen LogP contribution in [-0.4, -0.2) is 118 Å². The van der Waals surface area contributed by atoms with Crippen molar-refractivity contribution in [3.63, 3.8) is 0 Å². The Morgan fingerprint density at radius 1 is 0.822 bits per heavy atom. The lowest BCUT2D eigenvalue weighted by atomic mass is 9.93. The number of likely N-dealkylation sites (tertiary alicyclic amines) is 1. The summed E-state index contributed by atoms with van der Waals surface area (Å²) >= 11 is 0. The molecule has 0 radical (unpaired) electrons. The number of aromatic amines is 1. The highest BCUT2D eigenvalue weighted by Crippen LogP contribution is 2.23. The van der Waals surface area contributed by atoms with Crippen LogP contribution < -0.4 is 54.0 Å². The molecule has 0 saturated carbocycles. The lowest BCUT2D eigenvalue weighted by Gasteiger charge is -2.32. The molecule has 3 heterocycles. The van der Waals surface area contributed by atoms with Crippen LogP contribution in [0.25, 0.3) is 11.2 Å². The summed E-state index contributed by atoms with van der Waals surface area (Å²) in [5.74, 6) is 3.35. The molecule has 1 aliphatic rings. The van der Waals surface area contributed by atoms with Crippen LogP contribution >= 0.6 is 0 Å². The van der Waals surface area contributed by atoms with E-state index in [9.17, 15) is 33.6 Å². The minimum atomic E-state index is -0.893. The van der Waals surface area contributed by atoms with Gasteiger partial charge in [0.05, 0.1) is 13.2 Å². The Morgan fingerprint density at radius 3 is 2.16 bits per heavy atom. The average molecular weight is 1020 g/mol. The fourth-order valence-corrected chi connectivity index (χ4v) is 8.18. The van der Waals surface area contributed by atoms with Crippen LogP contribution in [0.15, 0.2) is 53.3 Å². The summed E-state index contributed by atoms with van der Waals surface area (Å²) in [6, 6.07) is 12.3. The molecule has 23 nitrogen and oxygen atoms in total. The molecule has 1 saturated heterocycles. The van der Waals surface area contributed by atoms with Crippen molar-refractivity contribution in [2.24, 2.45) is 17.7 Å². The number of alkyl carbamates (subject to hydrolysis) is 1. The molecule has 5 rings (SSSR count). The van der Waals surface area contributed by atoms with E-state index < -0.39 is 36.0 Å². The number of ether oxygens (including phenoxy) is 2. The Morgan fingerprint density at radius 2 is 1.51 bits per heavy atom. The fraction of sp³-hybridized carbons (Fsp3) is 0.540. The number of hydrogen-bond acceptors (Lipinski definition) is 15. The molecular weight excluding hydrogens is 943 g/mol. The van der Waals surface area contributed by atoms with E-state index in [1.807, 2.05) is 12.1 Å². The van der Waals surface area contributed by atoms with Gasteiger partial charge in [0.1, 0.15) is 36.9 Å². The van der Waals surface area contributed by atoms with Crippen LogP contribution in [0.1, 0.15) is 103 Å². The summed E-state index contributed by atoms with van der Waals surface area (Å²) in [4.78, 5) is 106. The van der Waals surface area contributed by atoms with Gasteiger partial charge >= 0.3 is 17.8 Å². The van der Waals surface area contributed by atoms with Crippen LogP contribution in [0.2, 0.25) is 0 Å². The number of carbonyl (C=O) groups is 6. The number of hydrogen-bond donors (Lipinski definition) is 9. The largest absolute Gasteiger partial charge is 0.463 e. The number of carbonyl (C=O) groups excluding carboxylic acids is 6. The number of H-pyrrole nitrogens is 1. The quantitative estimate of drug-likeness (QED) is 0.0292. The molecule has 3 atom stereocenters. The maximum absolute atomic E-state index is 13.5. The van der Waals surface area contributed by atoms with Crippen molar-refractivity contribution in [3.8, 4) is 6.01 Å². The Labute approximate surface area is 425 Å². The first kappa shape index (κ1) is 56.8. The summed E-state index contributed by atoms with van der Waals surface area (Å²) in [5, 5.41) is 16.4. The Balaban J connectivity index is 1.05. The zero-order valence-electron chi connectivity index (χ0n) is 42.6. The third-order valence-electron chi connectivity index (χ3n) is 12.4. The van der Waals surface area contributed by atoms with Crippen LogP contribution in [0.5, 0.6) is 6.01 Å².